The van der Waals surface area contributed by atoms with Gasteiger partial charge in [0.1, 0.15) is 6.33 Å². The number of rotatable bonds is 4. The lowest BCUT2D eigenvalue weighted by molar-refractivity contribution is 0.955. The maximum absolute atomic E-state index is 5.59. The third-order valence-corrected chi connectivity index (χ3v) is 2.86. The summed E-state index contributed by atoms with van der Waals surface area (Å²) in [6.45, 7) is 0.465. The van der Waals surface area contributed by atoms with Crippen molar-refractivity contribution in [1.29, 1.82) is 0 Å². The maximum Gasteiger partial charge on any atom is 0.183 e. The van der Waals surface area contributed by atoms with Gasteiger partial charge >= 0.3 is 0 Å². The topological polar surface area (TPSA) is 80.5 Å². The number of thioether (sulfide) groups is 1. The van der Waals surface area contributed by atoms with Crippen molar-refractivity contribution >= 4 is 11.8 Å². The van der Waals surface area contributed by atoms with Crippen molar-refractivity contribution in [3.8, 4) is 0 Å². The van der Waals surface area contributed by atoms with Gasteiger partial charge in [-0.2, -0.15) is 5.10 Å². The van der Waals surface area contributed by atoms with Gasteiger partial charge in [-0.3, -0.25) is 10.1 Å². The number of nitrogens with zero attached hydrogens (tertiary/aromatic N) is 3. The van der Waals surface area contributed by atoms with E-state index in [0.717, 1.165) is 22.2 Å². The first kappa shape index (κ1) is 10.1. The lowest BCUT2D eigenvalue weighted by Gasteiger charge is -2.04. The molecule has 0 fully saturated rings. The van der Waals surface area contributed by atoms with Crippen LogP contribution >= 0.6 is 11.8 Å². The van der Waals surface area contributed by atoms with Crippen LogP contribution in [0.5, 0.6) is 0 Å². The molecule has 78 valence electrons. The number of pyridine rings is 1. The highest BCUT2D eigenvalue weighted by atomic mass is 32.2. The lowest BCUT2D eigenvalue weighted by atomic mass is 10.2. The largest absolute Gasteiger partial charge is 0.325 e. The summed E-state index contributed by atoms with van der Waals surface area (Å²) in [7, 11) is 0. The molecule has 2 rings (SSSR count). The first-order valence-electron chi connectivity index (χ1n) is 4.51. The van der Waals surface area contributed by atoms with Gasteiger partial charge in [0.15, 0.2) is 5.16 Å². The van der Waals surface area contributed by atoms with Crippen molar-refractivity contribution in [2.45, 2.75) is 17.5 Å². The molecule has 0 aliphatic rings. The molecule has 0 bridgehead atoms. The highest BCUT2D eigenvalue weighted by Gasteiger charge is 2.03. The minimum Gasteiger partial charge on any atom is -0.325 e. The second kappa shape index (κ2) is 4.90. The maximum atomic E-state index is 5.59. The fourth-order valence-electron chi connectivity index (χ4n) is 1.20. The average molecular weight is 221 g/mol. The number of hydrogen-bond acceptors (Lipinski definition) is 5. The van der Waals surface area contributed by atoms with E-state index in [1.165, 1.54) is 6.33 Å². The Kier molecular flexibility index (Phi) is 3.31. The van der Waals surface area contributed by atoms with Gasteiger partial charge in [-0.1, -0.05) is 17.8 Å². The van der Waals surface area contributed by atoms with Crippen LogP contribution in [0.1, 0.15) is 11.3 Å². The summed E-state index contributed by atoms with van der Waals surface area (Å²) >= 11 is 1.58. The van der Waals surface area contributed by atoms with E-state index in [-0.39, 0.29) is 0 Å². The van der Waals surface area contributed by atoms with E-state index < -0.39 is 0 Å². The molecule has 15 heavy (non-hydrogen) atoms. The van der Waals surface area contributed by atoms with E-state index in [1.54, 1.807) is 18.0 Å². The number of nitrogens with one attached hydrogen (secondary N) is 1. The van der Waals surface area contributed by atoms with Gasteiger partial charge in [-0.25, -0.2) is 4.98 Å². The van der Waals surface area contributed by atoms with E-state index in [1.807, 2.05) is 12.1 Å². The lowest BCUT2D eigenvalue weighted by Crippen LogP contribution is -2.03. The molecule has 5 nitrogen and oxygen atoms in total. The van der Waals surface area contributed by atoms with Gasteiger partial charge < -0.3 is 5.73 Å². The molecule has 0 saturated heterocycles. The Morgan fingerprint density at radius 1 is 1.40 bits per heavy atom. The quantitative estimate of drug-likeness (QED) is 0.751. The Labute approximate surface area is 91.5 Å². The van der Waals surface area contributed by atoms with Crippen LogP contribution < -0.4 is 5.73 Å². The molecule has 0 spiro atoms. The summed E-state index contributed by atoms with van der Waals surface area (Å²) in [6, 6.07) is 3.94. The van der Waals surface area contributed by atoms with Crippen LogP contribution in [-0.4, -0.2) is 20.2 Å². The number of aromatic nitrogens is 4. The number of nitrogens with two attached hydrogens (primary N) is 1. The third kappa shape index (κ3) is 2.54. The molecule has 3 N–H and O–H groups in total. The molecule has 2 heterocycles. The number of H-pyrrole nitrogens is 1. The predicted octanol–water partition coefficient (Wildman–Crippen LogP) is 0.951. The zero-order valence-electron chi connectivity index (χ0n) is 8.05. The highest BCUT2D eigenvalue weighted by molar-refractivity contribution is 7.98. The van der Waals surface area contributed by atoms with Gasteiger partial charge in [-0.15, -0.1) is 0 Å². The molecule has 0 aliphatic heterocycles. The smallest absolute Gasteiger partial charge is 0.183 e. The fraction of sp³-hybridized carbons (Fsp3) is 0.222. The molecule has 2 aromatic heterocycles. The molecule has 0 radical (unpaired) electrons. The van der Waals surface area contributed by atoms with Crippen molar-refractivity contribution in [3.63, 3.8) is 0 Å². The molecule has 0 unspecified atom stereocenters. The van der Waals surface area contributed by atoms with Crippen molar-refractivity contribution in [2.75, 3.05) is 0 Å². The summed E-state index contributed by atoms with van der Waals surface area (Å²) in [4.78, 5) is 8.24. The zero-order valence-corrected chi connectivity index (χ0v) is 8.87. The van der Waals surface area contributed by atoms with Gasteiger partial charge in [0.05, 0.1) is 5.69 Å². The molecular weight excluding hydrogens is 210 g/mol. The van der Waals surface area contributed by atoms with Gasteiger partial charge in [0, 0.05) is 18.5 Å². The van der Waals surface area contributed by atoms with Crippen LogP contribution in [0.3, 0.4) is 0 Å². The van der Waals surface area contributed by atoms with Crippen LogP contribution in [-0.2, 0) is 12.3 Å². The second-order valence-electron chi connectivity index (χ2n) is 2.89. The highest BCUT2D eigenvalue weighted by Crippen LogP contribution is 2.19. The monoisotopic (exact) mass is 221 g/mol. The standard InChI is InChI=1S/C9H11N5S/c10-4-8-7(2-1-3-11-8)5-15-9-12-6-13-14-9/h1-3,6H,4-5,10H2,(H,12,13,14). The summed E-state index contributed by atoms with van der Waals surface area (Å²) in [5, 5.41) is 7.38. The molecule has 0 aromatic carbocycles. The molecule has 0 aliphatic carbocycles. The van der Waals surface area contributed by atoms with Gasteiger partial charge in [0.2, 0.25) is 0 Å². The van der Waals surface area contributed by atoms with Gasteiger partial charge in [0.25, 0.3) is 0 Å². The summed E-state index contributed by atoms with van der Waals surface area (Å²) in [5.41, 5.74) is 7.67. The normalized spacial score (nSPS) is 10.5. The van der Waals surface area contributed by atoms with E-state index in [9.17, 15) is 0 Å². The molecule has 2 aromatic rings. The predicted molar refractivity (Wildman–Crippen MR) is 58.1 cm³/mol. The SMILES string of the molecule is NCc1ncccc1CSc1ncn[nH]1. The van der Waals surface area contributed by atoms with Gasteiger partial charge in [-0.05, 0) is 11.6 Å². The van der Waals surface area contributed by atoms with Crippen LogP contribution in [0.15, 0.2) is 29.8 Å². The minimum absolute atomic E-state index is 0.465. The number of aromatic amines is 1. The summed E-state index contributed by atoms with van der Waals surface area (Å²) in [5.74, 6) is 0.801. The first-order valence-corrected chi connectivity index (χ1v) is 5.49. The van der Waals surface area contributed by atoms with Crippen LogP contribution in [0.25, 0.3) is 0 Å². The van der Waals surface area contributed by atoms with Crippen molar-refractivity contribution in [1.82, 2.24) is 20.2 Å². The van der Waals surface area contributed by atoms with E-state index in [2.05, 4.69) is 20.2 Å². The number of hydrogen-bond donors (Lipinski definition) is 2. The molecule has 0 atom stereocenters. The molecule has 0 amide bonds. The summed E-state index contributed by atoms with van der Waals surface area (Å²) in [6.07, 6.45) is 3.25. The summed E-state index contributed by atoms with van der Waals surface area (Å²) < 4.78 is 0. The second-order valence-corrected chi connectivity index (χ2v) is 3.86. The van der Waals surface area contributed by atoms with Crippen molar-refractivity contribution < 1.29 is 0 Å². The van der Waals surface area contributed by atoms with E-state index in [4.69, 9.17) is 5.73 Å². The molecule has 6 heteroatoms. The van der Waals surface area contributed by atoms with Crippen LogP contribution in [0.4, 0.5) is 0 Å². The van der Waals surface area contributed by atoms with E-state index in [0.29, 0.717) is 6.54 Å². The first-order chi connectivity index (χ1) is 7.40. The zero-order chi connectivity index (χ0) is 10.5. The van der Waals surface area contributed by atoms with Crippen molar-refractivity contribution in [2.24, 2.45) is 5.73 Å². The molecular formula is C9H11N5S. The average Bonchev–Trinajstić information content (AvgIpc) is 2.79. The Bertz CT molecular complexity index is 414. The minimum atomic E-state index is 0.465. The van der Waals surface area contributed by atoms with Crippen LogP contribution in [0.2, 0.25) is 0 Å². The van der Waals surface area contributed by atoms with Crippen LogP contribution in [0, 0.1) is 0 Å². The van der Waals surface area contributed by atoms with E-state index >= 15 is 0 Å². The Morgan fingerprint density at radius 2 is 2.33 bits per heavy atom. The Balaban J connectivity index is 2.04. The third-order valence-electron chi connectivity index (χ3n) is 1.94. The fourth-order valence-corrected chi connectivity index (χ4v) is 1.99. The Hall–Kier alpha value is -1.40. The Morgan fingerprint density at radius 3 is 3.07 bits per heavy atom. The molecule has 0 saturated carbocycles. The van der Waals surface area contributed by atoms with Crippen molar-refractivity contribution in [3.05, 3.63) is 35.9 Å².